The first kappa shape index (κ1) is 21.0. The van der Waals surface area contributed by atoms with Crippen LogP contribution < -0.4 is 10.6 Å². The minimum Gasteiger partial charge on any atom is -0.350 e. The zero-order valence-corrected chi connectivity index (χ0v) is 17.4. The van der Waals surface area contributed by atoms with E-state index in [1.807, 2.05) is 87.6 Å². The largest absolute Gasteiger partial charge is 0.350 e. The Labute approximate surface area is 176 Å². The number of amides is 2. The normalized spacial score (nSPS) is 11.4. The molecule has 0 spiro atoms. The number of nitrogens with one attached hydrogen (secondary N) is 2. The molecule has 6 heteroatoms. The van der Waals surface area contributed by atoms with E-state index < -0.39 is 0 Å². The van der Waals surface area contributed by atoms with Crippen molar-refractivity contribution in [1.29, 1.82) is 0 Å². The fraction of sp³-hybridized carbons (Fsp3) is 0.208. The second-order valence-corrected chi connectivity index (χ2v) is 7.93. The van der Waals surface area contributed by atoms with E-state index in [1.54, 1.807) is 10.8 Å². The van der Waals surface area contributed by atoms with Crippen LogP contribution in [-0.4, -0.2) is 33.7 Å². The van der Waals surface area contributed by atoms with Gasteiger partial charge in [-0.15, -0.1) is 0 Å². The van der Waals surface area contributed by atoms with E-state index in [0.717, 1.165) is 22.5 Å². The summed E-state index contributed by atoms with van der Waals surface area (Å²) in [7, 11) is 0. The number of para-hydroxylation sites is 1. The molecule has 0 aliphatic rings. The Kier molecular flexibility index (Phi) is 6.47. The summed E-state index contributed by atoms with van der Waals surface area (Å²) >= 11 is 0. The van der Waals surface area contributed by atoms with Crippen molar-refractivity contribution in [3.05, 3.63) is 78.5 Å². The van der Waals surface area contributed by atoms with Crippen LogP contribution in [0.3, 0.4) is 0 Å². The summed E-state index contributed by atoms with van der Waals surface area (Å²) < 4.78 is 1.79. The van der Waals surface area contributed by atoms with Gasteiger partial charge in [0.1, 0.15) is 0 Å². The quantitative estimate of drug-likeness (QED) is 0.619. The number of hydrogen-bond acceptors (Lipinski definition) is 3. The van der Waals surface area contributed by atoms with Crippen LogP contribution in [0.15, 0.2) is 72.9 Å². The van der Waals surface area contributed by atoms with Crippen LogP contribution in [0.2, 0.25) is 0 Å². The average molecular weight is 402 g/mol. The molecule has 2 N–H and O–H groups in total. The molecule has 0 bridgehead atoms. The Morgan fingerprint density at radius 3 is 2.27 bits per heavy atom. The van der Waals surface area contributed by atoms with Gasteiger partial charge in [-0.2, -0.15) is 5.10 Å². The molecule has 1 aromatic heterocycles. The maximum absolute atomic E-state index is 12.2. The van der Waals surface area contributed by atoms with E-state index in [1.165, 1.54) is 6.08 Å². The lowest BCUT2D eigenvalue weighted by atomic mass is 10.1. The fourth-order valence-corrected chi connectivity index (χ4v) is 2.90. The van der Waals surface area contributed by atoms with Crippen molar-refractivity contribution in [3.8, 4) is 16.9 Å². The molecule has 2 aromatic carbocycles. The number of hydrogen-bond donors (Lipinski definition) is 2. The average Bonchev–Trinajstić information content (AvgIpc) is 3.15. The van der Waals surface area contributed by atoms with Crippen LogP contribution >= 0.6 is 0 Å². The zero-order valence-electron chi connectivity index (χ0n) is 17.4. The molecule has 0 atom stereocenters. The molecule has 0 aliphatic carbocycles. The Morgan fingerprint density at radius 1 is 1.00 bits per heavy atom. The molecule has 154 valence electrons. The molecule has 0 aliphatic heterocycles. The third-order valence-corrected chi connectivity index (χ3v) is 4.16. The predicted molar refractivity (Wildman–Crippen MR) is 119 cm³/mol. The van der Waals surface area contributed by atoms with Gasteiger partial charge in [-0.25, -0.2) is 4.68 Å². The van der Waals surface area contributed by atoms with Gasteiger partial charge in [-0.1, -0.05) is 48.5 Å². The molecule has 3 rings (SSSR count). The highest BCUT2D eigenvalue weighted by Gasteiger charge is 2.14. The Balaban J connectivity index is 1.78. The molecule has 30 heavy (non-hydrogen) atoms. The van der Waals surface area contributed by atoms with Crippen LogP contribution in [0.5, 0.6) is 0 Å². The molecular weight excluding hydrogens is 376 g/mol. The van der Waals surface area contributed by atoms with Gasteiger partial charge in [0.2, 0.25) is 11.8 Å². The van der Waals surface area contributed by atoms with E-state index in [2.05, 4.69) is 10.6 Å². The maximum Gasteiger partial charge on any atom is 0.244 e. The Morgan fingerprint density at radius 2 is 1.63 bits per heavy atom. The summed E-state index contributed by atoms with van der Waals surface area (Å²) in [6.07, 6.45) is 5.02. The van der Waals surface area contributed by atoms with Gasteiger partial charge in [0.05, 0.1) is 17.9 Å². The van der Waals surface area contributed by atoms with E-state index in [-0.39, 0.29) is 23.9 Å². The topological polar surface area (TPSA) is 76.0 Å². The SMILES string of the molecule is CC(C)(C)NC(=O)CNC(=O)/C=C/c1cn(-c2ccccc2)nc1-c1ccccc1. The van der Waals surface area contributed by atoms with Crippen LogP contribution in [0, 0.1) is 0 Å². The van der Waals surface area contributed by atoms with Gasteiger partial charge in [-0.05, 0) is 39.0 Å². The third-order valence-electron chi connectivity index (χ3n) is 4.16. The second-order valence-electron chi connectivity index (χ2n) is 7.93. The zero-order chi connectivity index (χ0) is 21.6. The first-order chi connectivity index (χ1) is 14.3. The van der Waals surface area contributed by atoms with E-state index in [0.29, 0.717) is 0 Å². The van der Waals surface area contributed by atoms with Gasteiger partial charge >= 0.3 is 0 Å². The number of carbonyl (C=O) groups excluding carboxylic acids is 2. The van der Waals surface area contributed by atoms with Crippen LogP contribution in [0.1, 0.15) is 26.3 Å². The first-order valence-corrected chi connectivity index (χ1v) is 9.79. The molecule has 0 radical (unpaired) electrons. The molecule has 0 unspecified atom stereocenters. The van der Waals surface area contributed by atoms with Crippen molar-refractivity contribution in [2.75, 3.05) is 6.54 Å². The number of aromatic nitrogens is 2. The summed E-state index contributed by atoms with van der Waals surface area (Å²) in [5, 5.41) is 10.1. The van der Waals surface area contributed by atoms with Crippen LogP contribution in [0.4, 0.5) is 0 Å². The van der Waals surface area contributed by atoms with Crippen molar-refractivity contribution >= 4 is 17.9 Å². The number of rotatable bonds is 6. The van der Waals surface area contributed by atoms with Crippen molar-refractivity contribution in [1.82, 2.24) is 20.4 Å². The highest BCUT2D eigenvalue weighted by atomic mass is 16.2. The molecular formula is C24H26N4O2. The standard InChI is InChI=1S/C24H26N4O2/c1-24(2,3)26-22(30)16-25-21(29)15-14-19-17-28(20-12-8-5-9-13-20)27-23(19)18-10-6-4-7-11-18/h4-15,17H,16H2,1-3H3,(H,25,29)(H,26,30)/b15-14+. The van der Waals surface area contributed by atoms with Crippen molar-refractivity contribution in [2.24, 2.45) is 0 Å². The Bertz CT molecular complexity index is 1030. The summed E-state index contributed by atoms with van der Waals surface area (Å²) in [6, 6.07) is 19.6. The summed E-state index contributed by atoms with van der Waals surface area (Å²) in [5.74, 6) is -0.573. The van der Waals surface area contributed by atoms with E-state index in [9.17, 15) is 9.59 Å². The third kappa shape index (κ3) is 5.91. The number of nitrogens with zero attached hydrogens (tertiary/aromatic N) is 2. The lowest BCUT2D eigenvalue weighted by Crippen LogP contribution is -2.45. The van der Waals surface area contributed by atoms with Gasteiger partial charge in [0, 0.05) is 28.9 Å². The fourth-order valence-electron chi connectivity index (χ4n) is 2.90. The van der Waals surface area contributed by atoms with Gasteiger partial charge in [0.15, 0.2) is 0 Å². The molecule has 0 fully saturated rings. The molecule has 2 amide bonds. The minimum atomic E-state index is -0.342. The molecule has 0 saturated carbocycles. The Hall–Kier alpha value is -3.67. The maximum atomic E-state index is 12.2. The van der Waals surface area contributed by atoms with Gasteiger partial charge < -0.3 is 10.6 Å². The predicted octanol–water partition coefficient (Wildman–Crippen LogP) is 3.58. The smallest absolute Gasteiger partial charge is 0.244 e. The van der Waals surface area contributed by atoms with Gasteiger partial charge in [-0.3, -0.25) is 9.59 Å². The summed E-state index contributed by atoms with van der Waals surface area (Å²) in [4.78, 5) is 24.1. The molecule has 6 nitrogen and oxygen atoms in total. The first-order valence-electron chi connectivity index (χ1n) is 9.79. The highest BCUT2D eigenvalue weighted by molar-refractivity contribution is 5.95. The summed E-state index contributed by atoms with van der Waals surface area (Å²) in [6.45, 7) is 5.60. The van der Waals surface area contributed by atoms with Crippen molar-refractivity contribution < 1.29 is 9.59 Å². The molecule has 0 saturated heterocycles. The van der Waals surface area contributed by atoms with E-state index in [4.69, 9.17) is 5.10 Å². The highest BCUT2D eigenvalue weighted by Crippen LogP contribution is 2.24. The molecule has 3 aromatic rings. The lowest BCUT2D eigenvalue weighted by molar-refractivity contribution is -0.124. The number of benzene rings is 2. The minimum absolute atomic E-state index is 0.0741. The van der Waals surface area contributed by atoms with E-state index >= 15 is 0 Å². The summed E-state index contributed by atoms with van der Waals surface area (Å²) in [5.41, 5.74) is 3.12. The van der Waals surface area contributed by atoms with Crippen molar-refractivity contribution in [2.45, 2.75) is 26.3 Å². The lowest BCUT2D eigenvalue weighted by Gasteiger charge is -2.20. The molecule has 1 heterocycles. The monoisotopic (exact) mass is 402 g/mol. The van der Waals surface area contributed by atoms with Crippen molar-refractivity contribution in [3.63, 3.8) is 0 Å². The second kappa shape index (κ2) is 9.22. The van der Waals surface area contributed by atoms with Gasteiger partial charge in [0.25, 0.3) is 0 Å². The van der Waals surface area contributed by atoms with Crippen LogP contribution in [0.25, 0.3) is 23.0 Å². The number of carbonyl (C=O) groups is 2. The van der Waals surface area contributed by atoms with Crippen LogP contribution in [-0.2, 0) is 9.59 Å².